The fourth-order valence-corrected chi connectivity index (χ4v) is 2.66. The van der Waals surface area contributed by atoms with Crippen LogP contribution in [0.5, 0.6) is 0 Å². The smallest absolute Gasteiger partial charge is 0.238 e. The molecule has 0 N–H and O–H groups in total. The van der Waals surface area contributed by atoms with E-state index in [-0.39, 0.29) is 5.11 Å². The van der Waals surface area contributed by atoms with Crippen LogP contribution in [-0.2, 0) is 0 Å². The van der Waals surface area contributed by atoms with E-state index in [1.54, 1.807) is 42.8 Å². The number of benzene rings is 1. The average Bonchev–Trinajstić information content (AvgIpc) is 3.15. The van der Waals surface area contributed by atoms with Crippen molar-refractivity contribution in [1.29, 1.82) is 0 Å². The highest BCUT2D eigenvalue weighted by Gasteiger charge is 2.29. The van der Waals surface area contributed by atoms with Crippen LogP contribution in [0.15, 0.2) is 62.4 Å². The number of hydrogen-bond donors (Lipinski definition) is 0. The molecule has 0 spiro atoms. The Kier molecular flexibility index (Phi) is 4.85. The molecule has 3 rings (SSSR count). The minimum atomic E-state index is -0.500. The lowest BCUT2D eigenvalue weighted by molar-refractivity contribution is 0.368. The van der Waals surface area contributed by atoms with Gasteiger partial charge in [-0.3, -0.25) is 0 Å². The van der Waals surface area contributed by atoms with E-state index in [9.17, 15) is 0 Å². The third-order valence-corrected chi connectivity index (χ3v) is 3.83. The van der Waals surface area contributed by atoms with Crippen LogP contribution in [0.3, 0.4) is 0 Å². The first-order chi connectivity index (χ1) is 11.1. The molecular formula is C15H10Cl2N4OS. The van der Waals surface area contributed by atoms with Gasteiger partial charge in [0.25, 0.3) is 0 Å². The molecule has 1 aliphatic rings. The summed E-state index contributed by atoms with van der Waals surface area (Å²) in [7, 11) is 0. The molecule has 0 aliphatic carbocycles. The van der Waals surface area contributed by atoms with Gasteiger partial charge in [0.15, 0.2) is 6.17 Å². The number of allylic oxidation sites excluding steroid dienone is 1. The van der Waals surface area contributed by atoms with Crippen LogP contribution < -0.4 is 0 Å². The molecule has 2 aromatic rings. The zero-order chi connectivity index (χ0) is 16.2. The summed E-state index contributed by atoms with van der Waals surface area (Å²) in [6.45, 7) is 0. The molecule has 0 radical (unpaired) electrons. The Labute approximate surface area is 147 Å². The van der Waals surface area contributed by atoms with Gasteiger partial charge in [-0.05, 0) is 48.6 Å². The highest BCUT2D eigenvalue weighted by Crippen LogP contribution is 2.34. The largest absolute Gasteiger partial charge is 0.465 e. The van der Waals surface area contributed by atoms with Crippen LogP contribution in [0, 0.1) is 0 Å². The van der Waals surface area contributed by atoms with Crippen LogP contribution in [0.1, 0.15) is 17.5 Å². The molecule has 116 valence electrons. The minimum absolute atomic E-state index is 0.267. The molecule has 1 aromatic carbocycles. The van der Waals surface area contributed by atoms with Crippen molar-refractivity contribution in [3.8, 4) is 0 Å². The molecule has 0 bridgehead atoms. The normalized spacial score (nSPS) is 17.9. The average molecular weight is 365 g/mol. The predicted molar refractivity (Wildman–Crippen MR) is 94.7 cm³/mol. The topological polar surface area (TPSA) is 53.5 Å². The van der Waals surface area contributed by atoms with Crippen LogP contribution in [-0.4, -0.2) is 16.3 Å². The third kappa shape index (κ3) is 3.67. The van der Waals surface area contributed by atoms with Gasteiger partial charge in [0.1, 0.15) is 5.76 Å². The van der Waals surface area contributed by atoms with Gasteiger partial charge in [0, 0.05) is 21.8 Å². The van der Waals surface area contributed by atoms with Crippen molar-refractivity contribution in [2.45, 2.75) is 6.17 Å². The van der Waals surface area contributed by atoms with E-state index >= 15 is 0 Å². The van der Waals surface area contributed by atoms with E-state index < -0.39 is 6.17 Å². The number of furan rings is 1. The summed E-state index contributed by atoms with van der Waals surface area (Å²) in [6, 6.07) is 8.81. The van der Waals surface area contributed by atoms with Crippen molar-refractivity contribution in [1.82, 2.24) is 5.01 Å². The summed E-state index contributed by atoms with van der Waals surface area (Å²) in [6.07, 6.45) is 6.20. The lowest BCUT2D eigenvalue weighted by Gasteiger charge is -2.18. The van der Waals surface area contributed by atoms with Gasteiger partial charge in [-0.1, -0.05) is 29.3 Å². The Morgan fingerprint density at radius 1 is 1.30 bits per heavy atom. The summed E-state index contributed by atoms with van der Waals surface area (Å²) in [4.78, 5) is 0. The first-order valence-electron chi connectivity index (χ1n) is 6.58. The summed E-state index contributed by atoms with van der Waals surface area (Å²) in [5.74, 6) is 0.729. The maximum Gasteiger partial charge on any atom is 0.238 e. The highest BCUT2D eigenvalue weighted by molar-refractivity contribution is 7.80. The van der Waals surface area contributed by atoms with Crippen LogP contribution in [0.2, 0.25) is 10.0 Å². The Morgan fingerprint density at radius 2 is 2.17 bits per heavy atom. The molecule has 5 nitrogen and oxygen atoms in total. The quantitative estimate of drug-likeness (QED) is 0.543. The predicted octanol–water partition coefficient (Wildman–Crippen LogP) is 5.34. The molecular weight excluding hydrogens is 355 g/mol. The SMILES string of the molecule is S=C1N=NC(c2ccc(Cl)cc2Cl)N1N=CC=Cc1ccco1. The van der Waals surface area contributed by atoms with Gasteiger partial charge in [-0.2, -0.15) is 10.2 Å². The highest BCUT2D eigenvalue weighted by atomic mass is 35.5. The second kappa shape index (κ2) is 7.04. The van der Waals surface area contributed by atoms with E-state index in [0.29, 0.717) is 10.0 Å². The second-order valence-corrected chi connectivity index (χ2v) is 5.73. The fraction of sp³-hybridized carbons (Fsp3) is 0.0667. The van der Waals surface area contributed by atoms with E-state index in [4.69, 9.17) is 39.8 Å². The molecule has 1 unspecified atom stereocenters. The van der Waals surface area contributed by atoms with Gasteiger partial charge >= 0.3 is 0 Å². The van der Waals surface area contributed by atoms with Crippen molar-refractivity contribution < 1.29 is 4.42 Å². The van der Waals surface area contributed by atoms with Gasteiger partial charge in [-0.15, -0.1) is 5.11 Å². The molecule has 0 saturated heterocycles. The third-order valence-electron chi connectivity index (χ3n) is 3.00. The number of thiocarbonyl (C=S) groups is 1. The summed E-state index contributed by atoms with van der Waals surface area (Å²) >= 11 is 17.3. The van der Waals surface area contributed by atoms with Crippen molar-refractivity contribution >= 4 is 52.8 Å². The van der Waals surface area contributed by atoms with Crippen molar-refractivity contribution in [2.24, 2.45) is 15.3 Å². The zero-order valence-corrected chi connectivity index (χ0v) is 14.0. The molecule has 23 heavy (non-hydrogen) atoms. The van der Waals surface area contributed by atoms with Crippen LogP contribution >= 0.6 is 35.4 Å². The second-order valence-electron chi connectivity index (χ2n) is 4.52. The molecule has 1 aromatic heterocycles. The lowest BCUT2D eigenvalue weighted by Crippen LogP contribution is -2.21. The van der Waals surface area contributed by atoms with E-state index in [1.807, 2.05) is 12.1 Å². The summed E-state index contributed by atoms with van der Waals surface area (Å²) < 4.78 is 5.19. The minimum Gasteiger partial charge on any atom is -0.465 e. The number of nitrogens with zero attached hydrogens (tertiary/aromatic N) is 4. The molecule has 0 amide bonds. The summed E-state index contributed by atoms with van der Waals surface area (Å²) in [5.41, 5.74) is 0.729. The Bertz CT molecular complexity index is 802. The van der Waals surface area contributed by atoms with Gasteiger partial charge in [-0.25, -0.2) is 5.01 Å². The maximum absolute atomic E-state index is 6.22. The molecule has 1 atom stereocenters. The molecule has 8 heteroatoms. The molecule has 0 fully saturated rings. The summed E-state index contributed by atoms with van der Waals surface area (Å²) in [5, 5.41) is 15.1. The Balaban J connectivity index is 1.78. The number of rotatable bonds is 4. The van der Waals surface area contributed by atoms with Crippen LogP contribution in [0.25, 0.3) is 6.08 Å². The zero-order valence-electron chi connectivity index (χ0n) is 11.6. The van der Waals surface area contributed by atoms with Gasteiger partial charge in [0.2, 0.25) is 5.11 Å². The van der Waals surface area contributed by atoms with Crippen molar-refractivity contribution in [3.05, 3.63) is 64.0 Å². The van der Waals surface area contributed by atoms with E-state index in [1.165, 1.54) is 5.01 Å². The van der Waals surface area contributed by atoms with E-state index in [0.717, 1.165) is 11.3 Å². The van der Waals surface area contributed by atoms with Gasteiger partial charge < -0.3 is 4.42 Å². The first-order valence-corrected chi connectivity index (χ1v) is 7.75. The fourth-order valence-electron chi connectivity index (χ4n) is 1.96. The molecule has 0 saturated carbocycles. The number of halogens is 2. The lowest BCUT2D eigenvalue weighted by atomic mass is 10.2. The first kappa shape index (κ1) is 15.9. The number of hydrogen-bond acceptors (Lipinski definition) is 4. The monoisotopic (exact) mass is 364 g/mol. The molecule has 2 heterocycles. The van der Waals surface area contributed by atoms with E-state index in [2.05, 4.69) is 15.3 Å². The molecule has 1 aliphatic heterocycles. The number of hydrazone groups is 1. The standard InChI is InChI=1S/C15H10Cl2N4OS/c16-10-5-6-12(13(17)9-10)14-19-20-15(23)21(14)18-7-1-3-11-4-2-8-22-11/h1-9,14H. The Hall–Kier alpha value is -2.02. The van der Waals surface area contributed by atoms with Crippen molar-refractivity contribution in [3.63, 3.8) is 0 Å². The Morgan fingerprint density at radius 3 is 2.91 bits per heavy atom. The van der Waals surface area contributed by atoms with Crippen LogP contribution in [0.4, 0.5) is 0 Å². The maximum atomic E-state index is 6.22. The number of azo groups is 1. The van der Waals surface area contributed by atoms with Gasteiger partial charge in [0.05, 0.1) is 6.26 Å². The van der Waals surface area contributed by atoms with Crippen molar-refractivity contribution in [2.75, 3.05) is 0 Å².